The predicted octanol–water partition coefficient (Wildman–Crippen LogP) is 4.27. The zero-order valence-corrected chi connectivity index (χ0v) is 12.3. The number of hydrogen-bond acceptors (Lipinski definition) is 2. The highest BCUT2D eigenvalue weighted by Gasteiger charge is 2.19. The molecule has 0 unspecified atom stereocenters. The van der Waals surface area contributed by atoms with Gasteiger partial charge in [-0.15, -0.1) is 0 Å². The Balaban J connectivity index is 1.80. The van der Waals surface area contributed by atoms with Crippen LogP contribution in [0, 0.1) is 0 Å². The molecule has 0 aliphatic heterocycles. The van der Waals surface area contributed by atoms with Gasteiger partial charge in [-0.3, -0.25) is 0 Å². The molecule has 0 saturated heterocycles. The van der Waals surface area contributed by atoms with E-state index in [9.17, 15) is 0 Å². The van der Waals surface area contributed by atoms with E-state index in [4.69, 9.17) is 16.3 Å². The molecule has 0 aromatic heterocycles. The minimum atomic E-state index is 0.722. The van der Waals surface area contributed by atoms with Crippen LogP contribution in [-0.2, 0) is 6.54 Å². The van der Waals surface area contributed by atoms with Gasteiger partial charge in [0, 0.05) is 23.2 Å². The van der Waals surface area contributed by atoms with Crippen molar-refractivity contribution in [2.45, 2.75) is 25.4 Å². The lowest BCUT2D eigenvalue weighted by Crippen LogP contribution is -2.14. The smallest absolute Gasteiger partial charge is 0.126 e. The normalized spacial score (nSPS) is 14.3. The molecule has 0 atom stereocenters. The van der Waals surface area contributed by atoms with E-state index < -0.39 is 0 Å². The summed E-state index contributed by atoms with van der Waals surface area (Å²) in [5, 5.41) is 4.24. The average Bonchev–Trinajstić information content (AvgIpc) is 3.30. The zero-order valence-electron chi connectivity index (χ0n) is 11.5. The molecular formula is C17H18ClNO. The second-order valence-corrected chi connectivity index (χ2v) is 5.63. The Morgan fingerprint density at radius 3 is 2.55 bits per heavy atom. The lowest BCUT2D eigenvalue weighted by atomic mass is 10.0. The maximum atomic E-state index is 6.08. The summed E-state index contributed by atoms with van der Waals surface area (Å²) in [5.74, 6) is 0.846. The van der Waals surface area contributed by atoms with Crippen molar-refractivity contribution in [1.82, 2.24) is 5.32 Å². The molecule has 2 nitrogen and oxygen atoms in total. The molecule has 1 aliphatic rings. The van der Waals surface area contributed by atoms with Gasteiger partial charge in [0.25, 0.3) is 0 Å². The SMILES string of the molecule is COc1ccc(Cl)cc1-c1ccc(CNC2CC2)cc1. The van der Waals surface area contributed by atoms with Crippen LogP contribution < -0.4 is 10.1 Å². The van der Waals surface area contributed by atoms with Crippen molar-refractivity contribution in [3.8, 4) is 16.9 Å². The molecular weight excluding hydrogens is 270 g/mol. The second-order valence-electron chi connectivity index (χ2n) is 5.20. The number of benzene rings is 2. The van der Waals surface area contributed by atoms with Crippen LogP contribution >= 0.6 is 11.6 Å². The summed E-state index contributed by atoms with van der Waals surface area (Å²) < 4.78 is 5.40. The summed E-state index contributed by atoms with van der Waals surface area (Å²) in [6.07, 6.45) is 2.63. The summed E-state index contributed by atoms with van der Waals surface area (Å²) >= 11 is 6.08. The predicted molar refractivity (Wildman–Crippen MR) is 83.3 cm³/mol. The minimum absolute atomic E-state index is 0.722. The average molecular weight is 288 g/mol. The molecule has 104 valence electrons. The molecule has 0 bridgehead atoms. The number of rotatable bonds is 5. The van der Waals surface area contributed by atoms with E-state index in [0.29, 0.717) is 0 Å². The van der Waals surface area contributed by atoms with Gasteiger partial charge in [-0.1, -0.05) is 35.9 Å². The third kappa shape index (κ3) is 3.14. The third-order valence-corrected chi connectivity index (χ3v) is 3.83. The van der Waals surface area contributed by atoms with Crippen LogP contribution in [0.5, 0.6) is 5.75 Å². The van der Waals surface area contributed by atoms with Crippen LogP contribution in [0.2, 0.25) is 5.02 Å². The summed E-state index contributed by atoms with van der Waals surface area (Å²) in [6.45, 7) is 0.942. The Bertz CT molecular complexity index is 590. The maximum Gasteiger partial charge on any atom is 0.126 e. The summed E-state index contributed by atoms with van der Waals surface area (Å²) in [5.41, 5.74) is 3.46. The second kappa shape index (κ2) is 5.86. The summed E-state index contributed by atoms with van der Waals surface area (Å²) in [6, 6.07) is 15.0. The number of methoxy groups -OCH3 is 1. The molecule has 3 rings (SSSR count). The first-order valence-electron chi connectivity index (χ1n) is 6.92. The Kier molecular flexibility index (Phi) is 3.95. The Morgan fingerprint density at radius 2 is 1.90 bits per heavy atom. The fraction of sp³-hybridized carbons (Fsp3) is 0.294. The van der Waals surface area contributed by atoms with Crippen molar-refractivity contribution < 1.29 is 4.74 Å². The third-order valence-electron chi connectivity index (χ3n) is 3.60. The first-order chi connectivity index (χ1) is 9.76. The molecule has 2 aromatic carbocycles. The van der Waals surface area contributed by atoms with E-state index >= 15 is 0 Å². The van der Waals surface area contributed by atoms with Gasteiger partial charge >= 0.3 is 0 Å². The number of ether oxygens (including phenoxy) is 1. The van der Waals surface area contributed by atoms with Crippen LogP contribution in [-0.4, -0.2) is 13.2 Å². The molecule has 0 heterocycles. The molecule has 20 heavy (non-hydrogen) atoms. The topological polar surface area (TPSA) is 21.3 Å². The lowest BCUT2D eigenvalue weighted by molar-refractivity contribution is 0.416. The van der Waals surface area contributed by atoms with Crippen molar-refractivity contribution in [2.75, 3.05) is 7.11 Å². The summed E-state index contributed by atoms with van der Waals surface area (Å²) in [7, 11) is 1.68. The maximum absolute atomic E-state index is 6.08. The van der Waals surface area contributed by atoms with Crippen LogP contribution in [0.15, 0.2) is 42.5 Å². The Morgan fingerprint density at radius 1 is 1.15 bits per heavy atom. The van der Waals surface area contributed by atoms with E-state index in [1.165, 1.54) is 18.4 Å². The van der Waals surface area contributed by atoms with E-state index in [-0.39, 0.29) is 0 Å². The van der Waals surface area contributed by atoms with Gasteiger partial charge in [0.1, 0.15) is 5.75 Å². The van der Waals surface area contributed by atoms with Crippen molar-refractivity contribution >= 4 is 11.6 Å². The van der Waals surface area contributed by atoms with Crippen molar-refractivity contribution in [1.29, 1.82) is 0 Å². The largest absolute Gasteiger partial charge is 0.496 e. The van der Waals surface area contributed by atoms with Crippen LogP contribution in [0.3, 0.4) is 0 Å². The Hall–Kier alpha value is -1.51. The first-order valence-corrected chi connectivity index (χ1v) is 7.30. The lowest BCUT2D eigenvalue weighted by Gasteiger charge is -2.10. The quantitative estimate of drug-likeness (QED) is 0.887. The van der Waals surface area contributed by atoms with Gasteiger partial charge in [-0.05, 0) is 42.2 Å². The van der Waals surface area contributed by atoms with Gasteiger partial charge in [0.15, 0.2) is 0 Å². The molecule has 3 heteroatoms. The molecule has 1 fully saturated rings. The van der Waals surface area contributed by atoms with Crippen LogP contribution in [0.1, 0.15) is 18.4 Å². The molecule has 0 amide bonds. The van der Waals surface area contributed by atoms with Gasteiger partial charge in [-0.2, -0.15) is 0 Å². The highest BCUT2D eigenvalue weighted by Crippen LogP contribution is 2.32. The molecule has 1 aliphatic carbocycles. The fourth-order valence-electron chi connectivity index (χ4n) is 2.26. The zero-order chi connectivity index (χ0) is 13.9. The Labute approximate surface area is 124 Å². The van der Waals surface area contributed by atoms with Crippen LogP contribution in [0.4, 0.5) is 0 Å². The minimum Gasteiger partial charge on any atom is -0.496 e. The number of hydrogen-bond donors (Lipinski definition) is 1. The van der Waals surface area contributed by atoms with Crippen LogP contribution in [0.25, 0.3) is 11.1 Å². The fourth-order valence-corrected chi connectivity index (χ4v) is 2.43. The van der Waals surface area contributed by atoms with E-state index in [0.717, 1.165) is 34.5 Å². The highest BCUT2D eigenvalue weighted by atomic mass is 35.5. The van der Waals surface area contributed by atoms with E-state index in [1.807, 2.05) is 18.2 Å². The summed E-state index contributed by atoms with van der Waals surface area (Å²) in [4.78, 5) is 0. The van der Waals surface area contributed by atoms with Gasteiger partial charge in [0.2, 0.25) is 0 Å². The van der Waals surface area contributed by atoms with Gasteiger partial charge in [0.05, 0.1) is 7.11 Å². The van der Waals surface area contributed by atoms with Crippen molar-refractivity contribution in [2.24, 2.45) is 0 Å². The molecule has 1 saturated carbocycles. The first kappa shape index (κ1) is 13.5. The van der Waals surface area contributed by atoms with E-state index in [2.05, 4.69) is 29.6 Å². The van der Waals surface area contributed by atoms with Gasteiger partial charge < -0.3 is 10.1 Å². The van der Waals surface area contributed by atoms with Crippen molar-refractivity contribution in [3.63, 3.8) is 0 Å². The highest BCUT2D eigenvalue weighted by molar-refractivity contribution is 6.31. The molecule has 1 N–H and O–H groups in total. The molecule has 0 spiro atoms. The van der Waals surface area contributed by atoms with Crippen molar-refractivity contribution in [3.05, 3.63) is 53.1 Å². The van der Waals surface area contributed by atoms with Gasteiger partial charge in [-0.25, -0.2) is 0 Å². The molecule has 2 aromatic rings. The molecule has 0 radical (unpaired) electrons. The monoisotopic (exact) mass is 287 g/mol. The van der Waals surface area contributed by atoms with E-state index in [1.54, 1.807) is 7.11 Å². The standard InChI is InChI=1S/C17H18ClNO/c1-20-17-9-6-14(18)10-16(17)13-4-2-12(3-5-13)11-19-15-7-8-15/h2-6,9-10,15,19H,7-8,11H2,1H3. The number of nitrogens with one attached hydrogen (secondary N) is 1. The number of halogens is 1.